The number of anilines is 3. The first-order valence-corrected chi connectivity index (χ1v) is 26.2. The van der Waals surface area contributed by atoms with Gasteiger partial charge in [0.05, 0.1) is 11.1 Å². The molecule has 0 N–H and O–H groups in total. The normalized spacial score (nSPS) is 13.4. The maximum atomic E-state index is 2.48. The molecule has 0 amide bonds. The molecule has 0 atom stereocenters. The summed E-state index contributed by atoms with van der Waals surface area (Å²) < 4.78 is 0. The molecular weight excluding hydrogens is 903 g/mol. The summed E-state index contributed by atoms with van der Waals surface area (Å²) in [6, 6.07) is 106. The molecule has 1 nitrogen and oxygen atoms in total. The van der Waals surface area contributed by atoms with Crippen LogP contribution in [0, 0.1) is 0 Å². The van der Waals surface area contributed by atoms with Gasteiger partial charge < -0.3 is 4.90 Å². The maximum Gasteiger partial charge on any atom is 0.0714 e. The molecule has 0 aliphatic heterocycles. The lowest BCUT2D eigenvalue weighted by molar-refractivity contribution is 0.660. The monoisotopic (exact) mass is 955 g/mol. The number of rotatable bonds is 9. The first kappa shape index (κ1) is 44.4. The first-order chi connectivity index (χ1) is 36.9. The molecule has 12 aromatic rings. The van der Waals surface area contributed by atoms with E-state index < -0.39 is 5.41 Å². The van der Waals surface area contributed by atoms with Gasteiger partial charge >= 0.3 is 0 Å². The third-order valence-electron chi connectivity index (χ3n) is 16.4. The van der Waals surface area contributed by atoms with Crippen LogP contribution in [0.1, 0.15) is 47.2 Å². The summed E-state index contributed by atoms with van der Waals surface area (Å²) in [6.45, 7) is 4.72. The molecule has 0 heterocycles. The first-order valence-electron chi connectivity index (χ1n) is 26.2. The molecule has 12 aromatic carbocycles. The fourth-order valence-electron chi connectivity index (χ4n) is 12.7. The van der Waals surface area contributed by atoms with Gasteiger partial charge in [0.25, 0.3) is 0 Å². The van der Waals surface area contributed by atoms with Crippen LogP contribution in [0.5, 0.6) is 0 Å². The van der Waals surface area contributed by atoms with E-state index in [4.69, 9.17) is 0 Å². The fourth-order valence-corrected chi connectivity index (χ4v) is 12.7. The molecule has 0 unspecified atom stereocenters. The van der Waals surface area contributed by atoms with Gasteiger partial charge in [0, 0.05) is 22.4 Å². The van der Waals surface area contributed by atoms with Gasteiger partial charge in [-0.3, -0.25) is 0 Å². The molecule has 0 saturated heterocycles. The van der Waals surface area contributed by atoms with Crippen molar-refractivity contribution >= 4 is 27.8 Å². The van der Waals surface area contributed by atoms with Crippen molar-refractivity contribution in [3.63, 3.8) is 0 Å². The van der Waals surface area contributed by atoms with Crippen LogP contribution in [0.3, 0.4) is 0 Å². The summed E-state index contributed by atoms with van der Waals surface area (Å²) in [5, 5.41) is 2.51. The van der Waals surface area contributed by atoms with Gasteiger partial charge in [0.1, 0.15) is 0 Å². The Morgan fingerprint density at radius 2 is 0.707 bits per heavy atom. The van der Waals surface area contributed by atoms with E-state index in [9.17, 15) is 0 Å². The Kier molecular flexibility index (Phi) is 10.5. The molecule has 354 valence electrons. The summed E-state index contributed by atoms with van der Waals surface area (Å²) in [5.41, 5.74) is 25.4. The average Bonchev–Trinajstić information content (AvgIpc) is 3.98. The van der Waals surface area contributed by atoms with E-state index >= 15 is 0 Å². The number of nitrogens with zero attached hydrogens (tertiary/aromatic N) is 1. The molecule has 14 rings (SSSR count). The molecule has 0 bridgehead atoms. The Labute approximate surface area is 440 Å². The second-order valence-corrected chi connectivity index (χ2v) is 20.8. The summed E-state index contributed by atoms with van der Waals surface area (Å²) in [4.78, 5) is 2.48. The van der Waals surface area contributed by atoms with Crippen molar-refractivity contribution in [2.75, 3.05) is 4.90 Å². The third kappa shape index (κ3) is 7.22. The van der Waals surface area contributed by atoms with E-state index in [1.165, 1.54) is 111 Å². The molecule has 75 heavy (non-hydrogen) atoms. The van der Waals surface area contributed by atoms with Gasteiger partial charge in [-0.2, -0.15) is 0 Å². The maximum absolute atomic E-state index is 2.48. The van der Waals surface area contributed by atoms with Gasteiger partial charge in [-0.1, -0.05) is 250 Å². The van der Waals surface area contributed by atoms with E-state index in [1.54, 1.807) is 0 Å². The predicted molar refractivity (Wildman–Crippen MR) is 315 cm³/mol. The van der Waals surface area contributed by atoms with Crippen LogP contribution in [0.2, 0.25) is 0 Å². The second-order valence-electron chi connectivity index (χ2n) is 20.8. The summed E-state index contributed by atoms with van der Waals surface area (Å²) in [5.74, 6) is 0. The summed E-state index contributed by atoms with van der Waals surface area (Å²) in [7, 11) is 0. The zero-order valence-corrected chi connectivity index (χ0v) is 42.1. The minimum absolute atomic E-state index is 0.0730. The minimum Gasteiger partial charge on any atom is -0.310 e. The van der Waals surface area contributed by atoms with Crippen molar-refractivity contribution in [3.05, 3.63) is 318 Å². The van der Waals surface area contributed by atoms with Gasteiger partial charge in [-0.15, -0.1) is 0 Å². The smallest absolute Gasteiger partial charge is 0.0714 e. The lowest BCUT2D eigenvalue weighted by Crippen LogP contribution is -2.28. The van der Waals surface area contributed by atoms with E-state index in [1.807, 2.05) is 0 Å². The zero-order chi connectivity index (χ0) is 50.1. The molecule has 0 aromatic heterocycles. The molecular formula is C74H53N. The zero-order valence-electron chi connectivity index (χ0n) is 42.1. The number of benzene rings is 12. The fraction of sp³-hybridized carbons (Fsp3) is 0.0541. The van der Waals surface area contributed by atoms with Crippen molar-refractivity contribution in [2.45, 2.75) is 24.7 Å². The van der Waals surface area contributed by atoms with Crippen LogP contribution >= 0.6 is 0 Å². The quantitative estimate of drug-likeness (QED) is 0.139. The van der Waals surface area contributed by atoms with Crippen LogP contribution in [-0.2, 0) is 10.8 Å². The highest BCUT2D eigenvalue weighted by Gasteiger charge is 2.47. The topological polar surface area (TPSA) is 3.24 Å². The van der Waals surface area contributed by atoms with Crippen LogP contribution in [0.4, 0.5) is 17.1 Å². The van der Waals surface area contributed by atoms with Crippen molar-refractivity contribution in [1.82, 2.24) is 0 Å². The minimum atomic E-state index is -0.519. The molecule has 2 aliphatic carbocycles. The SMILES string of the molecule is CC1(C)c2ccccc2-c2ccc(-c3ccc(N(c4ccc(-c5ccc(-c6cccc(-c7ccc8ccccc8c7)c6)cc5)cc4)c4cccc5c4-c4ccccc4C5(c4ccccc4)c4ccccc4)cc3)cc21. The standard InChI is InChI=1S/C74H53N/c1-73(2)67-27-13-11-25-64(67)65-46-41-59(49-70(65)73)54-39-44-63(45-40-54)75(71-30-16-29-69-72(71)66-26-12-14-28-68(66)74(69,60-21-5-3-6-22-60)61-23-7-4-8-24-61)62-42-37-52(38-43-62)51-31-33-53(34-32-51)56-19-15-20-57(47-56)58-36-35-50-17-9-10-18-55(50)48-58/h3-49H,1-2H3. The molecule has 0 saturated carbocycles. The Morgan fingerprint density at radius 1 is 0.267 bits per heavy atom. The van der Waals surface area contributed by atoms with E-state index in [0.717, 1.165) is 17.1 Å². The molecule has 1 heteroatoms. The van der Waals surface area contributed by atoms with Crippen LogP contribution < -0.4 is 4.90 Å². The Hall–Kier alpha value is -9.30. The largest absolute Gasteiger partial charge is 0.310 e. The van der Waals surface area contributed by atoms with Crippen LogP contribution in [0.25, 0.3) is 77.5 Å². The highest BCUT2D eigenvalue weighted by molar-refractivity contribution is 5.98. The van der Waals surface area contributed by atoms with E-state index in [-0.39, 0.29) is 5.41 Å². The lowest BCUT2D eigenvalue weighted by atomic mass is 9.68. The van der Waals surface area contributed by atoms with Gasteiger partial charge in [0.2, 0.25) is 0 Å². The molecule has 0 fully saturated rings. The average molecular weight is 956 g/mol. The Balaban J connectivity index is 0.866. The molecule has 0 radical (unpaired) electrons. The van der Waals surface area contributed by atoms with Gasteiger partial charge in [-0.25, -0.2) is 0 Å². The summed E-state index contributed by atoms with van der Waals surface area (Å²) >= 11 is 0. The van der Waals surface area contributed by atoms with Crippen molar-refractivity contribution in [2.24, 2.45) is 0 Å². The van der Waals surface area contributed by atoms with Crippen molar-refractivity contribution in [3.8, 4) is 66.8 Å². The number of fused-ring (bicyclic) bond motifs is 7. The van der Waals surface area contributed by atoms with E-state index in [2.05, 4.69) is 304 Å². The second kappa shape index (κ2) is 17.7. The van der Waals surface area contributed by atoms with E-state index in [0.29, 0.717) is 0 Å². The molecule has 2 aliphatic rings. The highest BCUT2D eigenvalue weighted by Crippen LogP contribution is 2.59. The summed E-state index contributed by atoms with van der Waals surface area (Å²) in [6.07, 6.45) is 0. The number of hydrogen-bond donors (Lipinski definition) is 0. The van der Waals surface area contributed by atoms with Gasteiger partial charge in [-0.05, 0) is 154 Å². The number of hydrogen-bond acceptors (Lipinski definition) is 1. The van der Waals surface area contributed by atoms with Gasteiger partial charge in [0.15, 0.2) is 0 Å². The third-order valence-corrected chi connectivity index (χ3v) is 16.4. The van der Waals surface area contributed by atoms with Crippen LogP contribution in [-0.4, -0.2) is 0 Å². The Bertz CT molecular complexity index is 4070. The van der Waals surface area contributed by atoms with Crippen LogP contribution in [0.15, 0.2) is 285 Å². The predicted octanol–water partition coefficient (Wildman–Crippen LogP) is 19.6. The Morgan fingerprint density at radius 3 is 1.36 bits per heavy atom. The highest BCUT2D eigenvalue weighted by atomic mass is 15.1. The lowest BCUT2D eigenvalue weighted by Gasteiger charge is -2.34. The van der Waals surface area contributed by atoms with Crippen molar-refractivity contribution in [1.29, 1.82) is 0 Å². The van der Waals surface area contributed by atoms with Crippen molar-refractivity contribution < 1.29 is 0 Å². The molecule has 0 spiro atoms.